The third-order valence-electron chi connectivity index (χ3n) is 4.60. The standard InChI is InChI=1S/C21H25F3N2O5S/c1-14(2)26(3)32(29,30)19-9-4-6-15(10-19)20(28)25-12-17(27)13-31-18-8-5-7-16(11-18)21(22,23)24/h4-11,14,17,27H,12-13H2,1-3H3,(H,25,28). The summed E-state index contributed by atoms with van der Waals surface area (Å²) in [5.74, 6) is -0.690. The SMILES string of the molecule is CC(C)N(C)S(=O)(=O)c1cccc(C(=O)NCC(O)COc2cccc(C(F)(F)F)c2)c1. The van der Waals surface area contributed by atoms with Gasteiger partial charge in [-0.1, -0.05) is 12.1 Å². The van der Waals surface area contributed by atoms with Crippen LogP contribution in [0.15, 0.2) is 53.4 Å². The van der Waals surface area contributed by atoms with Gasteiger partial charge in [-0.3, -0.25) is 4.79 Å². The number of sulfonamides is 1. The van der Waals surface area contributed by atoms with Gasteiger partial charge in [0, 0.05) is 25.2 Å². The minimum atomic E-state index is -4.52. The third-order valence-corrected chi connectivity index (χ3v) is 6.63. The highest BCUT2D eigenvalue weighted by Crippen LogP contribution is 2.31. The van der Waals surface area contributed by atoms with Crippen LogP contribution in [0.5, 0.6) is 5.75 Å². The second kappa shape index (κ2) is 10.3. The molecule has 0 aliphatic heterocycles. The second-order valence-corrected chi connectivity index (χ2v) is 9.34. The second-order valence-electron chi connectivity index (χ2n) is 7.34. The van der Waals surface area contributed by atoms with E-state index in [2.05, 4.69) is 5.32 Å². The zero-order valence-electron chi connectivity index (χ0n) is 17.8. The summed E-state index contributed by atoms with van der Waals surface area (Å²) < 4.78 is 69.7. The minimum absolute atomic E-state index is 0.0465. The first-order valence-corrected chi connectivity index (χ1v) is 11.1. The lowest BCUT2D eigenvalue weighted by molar-refractivity contribution is -0.137. The number of aliphatic hydroxyl groups is 1. The van der Waals surface area contributed by atoms with Crippen LogP contribution in [0, 0.1) is 0 Å². The molecule has 0 saturated heterocycles. The van der Waals surface area contributed by atoms with Crippen LogP contribution in [0.4, 0.5) is 13.2 Å². The lowest BCUT2D eigenvalue weighted by Gasteiger charge is -2.21. The maximum absolute atomic E-state index is 12.7. The largest absolute Gasteiger partial charge is 0.491 e. The van der Waals surface area contributed by atoms with Gasteiger partial charge in [-0.05, 0) is 50.2 Å². The van der Waals surface area contributed by atoms with Crippen molar-refractivity contribution in [1.29, 1.82) is 0 Å². The first-order chi connectivity index (χ1) is 14.8. The van der Waals surface area contributed by atoms with E-state index in [0.29, 0.717) is 0 Å². The lowest BCUT2D eigenvalue weighted by Crippen LogP contribution is -2.35. The van der Waals surface area contributed by atoms with Crippen molar-refractivity contribution in [2.45, 2.75) is 37.1 Å². The molecule has 1 atom stereocenters. The van der Waals surface area contributed by atoms with Gasteiger partial charge < -0.3 is 15.2 Å². The van der Waals surface area contributed by atoms with Gasteiger partial charge in [-0.2, -0.15) is 17.5 Å². The van der Waals surface area contributed by atoms with Gasteiger partial charge in [-0.25, -0.2) is 8.42 Å². The average Bonchev–Trinajstić information content (AvgIpc) is 2.75. The Bertz CT molecular complexity index is 1040. The fourth-order valence-corrected chi connectivity index (χ4v) is 3.98. The maximum atomic E-state index is 12.7. The van der Waals surface area contributed by atoms with Crippen molar-refractivity contribution in [3.8, 4) is 5.75 Å². The first-order valence-electron chi connectivity index (χ1n) is 9.66. The van der Waals surface area contributed by atoms with Crippen molar-refractivity contribution in [1.82, 2.24) is 9.62 Å². The number of rotatable bonds is 9. The number of nitrogens with zero attached hydrogens (tertiary/aromatic N) is 1. The number of hydrogen-bond donors (Lipinski definition) is 2. The fourth-order valence-electron chi connectivity index (χ4n) is 2.57. The van der Waals surface area contributed by atoms with Crippen LogP contribution in [-0.4, -0.2) is 56.1 Å². The number of ether oxygens (including phenoxy) is 1. The van der Waals surface area contributed by atoms with Crippen molar-refractivity contribution in [2.24, 2.45) is 0 Å². The van der Waals surface area contributed by atoms with Crippen LogP contribution >= 0.6 is 0 Å². The summed E-state index contributed by atoms with van der Waals surface area (Å²) in [7, 11) is -2.34. The van der Waals surface area contributed by atoms with Crippen LogP contribution in [-0.2, 0) is 16.2 Å². The number of benzene rings is 2. The maximum Gasteiger partial charge on any atom is 0.416 e. The summed E-state index contributed by atoms with van der Waals surface area (Å²) in [6, 6.07) is 9.41. The van der Waals surface area contributed by atoms with Crippen molar-refractivity contribution < 1.29 is 36.2 Å². The number of carbonyl (C=O) groups excluding carboxylic acids is 1. The molecular weight excluding hydrogens is 449 g/mol. The quantitative estimate of drug-likeness (QED) is 0.583. The predicted molar refractivity (Wildman–Crippen MR) is 112 cm³/mol. The molecule has 176 valence electrons. The molecule has 0 aliphatic rings. The molecule has 1 amide bonds. The number of hydrogen-bond acceptors (Lipinski definition) is 5. The van der Waals surface area contributed by atoms with Gasteiger partial charge in [0.25, 0.3) is 5.91 Å². The van der Waals surface area contributed by atoms with Crippen molar-refractivity contribution >= 4 is 15.9 Å². The first kappa shape index (κ1) is 25.6. The average molecular weight is 475 g/mol. The Morgan fingerprint density at radius 3 is 2.44 bits per heavy atom. The van der Waals surface area contributed by atoms with Gasteiger partial charge in [0.15, 0.2) is 0 Å². The smallest absolute Gasteiger partial charge is 0.416 e. The molecular formula is C21H25F3N2O5S. The molecule has 0 radical (unpaired) electrons. The van der Waals surface area contributed by atoms with Crippen LogP contribution in [0.2, 0.25) is 0 Å². The van der Waals surface area contributed by atoms with Crippen molar-refractivity contribution in [3.05, 3.63) is 59.7 Å². The molecule has 7 nitrogen and oxygen atoms in total. The van der Waals surface area contributed by atoms with Crippen LogP contribution in [0.3, 0.4) is 0 Å². The molecule has 2 N–H and O–H groups in total. The molecule has 0 bridgehead atoms. The van der Waals surface area contributed by atoms with Gasteiger partial charge in [-0.15, -0.1) is 0 Å². The van der Waals surface area contributed by atoms with E-state index in [1.165, 1.54) is 47.8 Å². The number of halogens is 3. The predicted octanol–water partition coefficient (Wildman–Crippen LogP) is 2.90. The highest BCUT2D eigenvalue weighted by Gasteiger charge is 2.30. The molecule has 0 aromatic heterocycles. The third kappa shape index (κ3) is 6.68. The molecule has 2 rings (SSSR count). The topological polar surface area (TPSA) is 95.9 Å². The Labute approximate surface area is 184 Å². The van der Waals surface area contributed by atoms with Crippen molar-refractivity contribution in [3.63, 3.8) is 0 Å². The summed E-state index contributed by atoms with van der Waals surface area (Å²) in [5.41, 5.74) is -0.801. The van der Waals surface area contributed by atoms with E-state index in [1.807, 2.05) is 0 Å². The highest BCUT2D eigenvalue weighted by molar-refractivity contribution is 7.89. The normalized spacial score (nSPS) is 13.3. The molecule has 0 heterocycles. The van der Waals surface area contributed by atoms with E-state index in [0.717, 1.165) is 12.1 Å². The molecule has 0 fully saturated rings. The Morgan fingerprint density at radius 1 is 1.16 bits per heavy atom. The van der Waals surface area contributed by atoms with E-state index in [9.17, 15) is 31.5 Å². The molecule has 11 heteroatoms. The molecule has 32 heavy (non-hydrogen) atoms. The number of alkyl halides is 3. The van der Waals surface area contributed by atoms with Gasteiger partial charge in [0.2, 0.25) is 10.0 Å². The molecule has 0 spiro atoms. The number of amides is 1. The number of aliphatic hydroxyl groups excluding tert-OH is 1. The van der Waals surface area contributed by atoms with E-state index in [-0.39, 0.29) is 35.4 Å². The summed E-state index contributed by atoms with van der Waals surface area (Å²) >= 11 is 0. The molecule has 1 unspecified atom stereocenters. The highest BCUT2D eigenvalue weighted by atomic mass is 32.2. The summed E-state index contributed by atoms with van der Waals surface area (Å²) in [6.45, 7) is 2.84. The van der Waals surface area contributed by atoms with Crippen LogP contribution in [0.25, 0.3) is 0 Å². The van der Waals surface area contributed by atoms with Gasteiger partial charge >= 0.3 is 6.18 Å². The minimum Gasteiger partial charge on any atom is -0.491 e. The Morgan fingerprint density at radius 2 is 1.81 bits per heavy atom. The van der Waals surface area contributed by atoms with Gasteiger partial charge in [0.1, 0.15) is 18.5 Å². The number of nitrogens with one attached hydrogen (secondary N) is 1. The summed E-state index contributed by atoms with van der Waals surface area (Å²) in [5, 5.41) is 12.4. The zero-order valence-corrected chi connectivity index (χ0v) is 18.6. The van der Waals surface area contributed by atoms with E-state index in [1.54, 1.807) is 13.8 Å². The van der Waals surface area contributed by atoms with Crippen molar-refractivity contribution in [2.75, 3.05) is 20.2 Å². The molecule has 0 saturated carbocycles. The fraction of sp³-hybridized carbons (Fsp3) is 0.381. The molecule has 0 aliphatic carbocycles. The van der Waals surface area contributed by atoms with Crippen LogP contribution < -0.4 is 10.1 Å². The summed E-state index contributed by atoms with van der Waals surface area (Å²) in [4.78, 5) is 12.3. The lowest BCUT2D eigenvalue weighted by atomic mass is 10.2. The molecule has 2 aromatic carbocycles. The Kier molecular flexibility index (Phi) is 8.27. The van der Waals surface area contributed by atoms with Crippen LogP contribution in [0.1, 0.15) is 29.8 Å². The van der Waals surface area contributed by atoms with Gasteiger partial charge in [0.05, 0.1) is 10.5 Å². The zero-order chi connectivity index (χ0) is 24.1. The summed E-state index contributed by atoms with van der Waals surface area (Å²) in [6.07, 6.45) is -5.72. The number of carbonyl (C=O) groups is 1. The van der Waals surface area contributed by atoms with E-state index in [4.69, 9.17) is 4.74 Å². The van der Waals surface area contributed by atoms with E-state index < -0.39 is 33.8 Å². The monoisotopic (exact) mass is 474 g/mol. The Balaban J connectivity index is 1.95. The molecule has 2 aromatic rings. The Hall–Kier alpha value is -2.63. The van der Waals surface area contributed by atoms with E-state index >= 15 is 0 Å².